The van der Waals surface area contributed by atoms with Crippen LogP contribution in [-0.4, -0.2) is 57.0 Å². The lowest BCUT2D eigenvalue weighted by atomic mass is 10.1. The van der Waals surface area contributed by atoms with Gasteiger partial charge >= 0.3 is 0 Å². The molecule has 0 unspecified atom stereocenters. The van der Waals surface area contributed by atoms with E-state index in [1.165, 1.54) is 0 Å². The lowest BCUT2D eigenvalue weighted by Crippen LogP contribution is -2.48. The molecule has 3 rings (SSSR count). The van der Waals surface area contributed by atoms with E-state index >= 15 is 0 Å². The Bertz CT molecular complexity index is 833. The van der Waals surface area contributed by atoms with Crippen LogP contribution in [0.5, 0.6) is 11.5 Å². The highest BCUT2D eigenvalue weighted by atomic mass is 16.5. The molecule has 6 heteroatoms. The number of hydrogen-bond donors (Lipinski definition) is 0. The minimum absolute atomic E-state index is 0.0700. The van der Waals surface area contributed by atoms with Crippen LogP contribution in [-0.2, 0) is 11.2 Å². The Hall–Kier alpha value is -3.02. The first-order valence-corrected chi connectivity index (χ1v) is 9.86. The number of nitrogens with zero attached hydrogens (tertiary/aromatic N) is 2. The number of methoxy groups -OCH3 is 2. The molecule has 1 aliphatic heterocycles. The van der Waals surface area contributed by atoms with Gasteiger partial charge in [-0.05, 0) is 55.3 Å². The van der Waals surface area contributed by atoms with Crippen molar-refractivity contribution in [2.75, 3.05) is 45.3 Å². The van der Waals surface area contributed by atoms with Crippen molar-refractivity contribution >= 4 is 17.4 Å². The van der Waals surface area contributed by atoms with Gasteiger partial charge in [0.25, 0.3) is 0 Å². The van der Waals surface area contributed by atoms with Crippen molar-refractivity contribution in [3.8, 4) is 11.5 Å². The number of hydrogen-bond acceptors (Lipinski definition) is 5. The lowest BCUT2D eigenvalue weighted by molar-refractivity contribution is -0.131. The second-order valence-electron chi connectivity index (χ2n) is 7.19. The molecule has 1 aliphatic rings. The van der Waals surface area contributed by atoms with Gasteiger partial charge in [0.2, 0.25) is 5.91 Å². The van der Waals surface area contributed by atoms with Crippen molar-refractivity contribution in [2.24, 2.45) is 0 Å². The summed E-state index contributed by atoms with van der Waals surface area (Å²) in [6, 6.07) is 13.4. The molecule has 2 aromatic rings. The van der Waals surface area contributed by atoms with Crippen LogP contribution in [0, 0.1) is 0 Å². The molecular weight excluding hydrogens is 368 g/mol. The Balaban J connectivity index is 1.52. The van der Waals surface area contributed by atoms with Crippen molar-refractivity contribution in [2.45, 2.75) is 19.8 Å². The predicted octanol–water partition coefficient (Wildman–Crippen LogP) is 3.19. The maximum absolute atomic E-state index is 12.7. The molecule has 0 saturated carbocycles. The van der Waals surface area contributed by atoms with E-state index in [1.54, 1.807) is 21.1 Å². The van der Waals surface area contributed by atoms with E-state index in [0.717, 1.165) is 41.4 Å². The number of rotatable bonds is 7. The molecule has 0 aliphatic carbocycles. The number of carbonyl (C=O) groups excluding carboxylic acids is 2. The number of carbonyl (C=O) groups is 2. The molecule has 1 amide bonds. The van der Waals surface area contributed by atoms with Gasteiger partial charge in [-0.25, -0.2) is 0 Å². The molecule has 2 aromatic carbocycles. The van der Waals surface area contributed by atoms with Crippen LogP contribution in [0.2, 0.25) is 0 Å². The second kappa shape index (κ2) is 9.45. The number of piperazine rings is 1. The van der Waals surface area contributed by atoms with E-state index in [9.17, 15) is 9.59 Å². The number of benzene rings is 2. The van der Waals surface area contributed by atoms with Crippen LogP contribution in [0.4, 0.5) is 5.69 Å². The number of aryl methyl sites for hydroxylation is 1. The summed E-state index contributed by atoms with van der Waals surface area (Å²) in [6.07, 6.45) is 1.11. The normalized spacial score (nSPS) is 13.9. The van der Waals surface area contributed by atoms with Crippen LogP contribution in [0.25, 0.3) is 0 Å². The van der Waals surface area contributed by atoms with Crippen molar-refractivity contribution < 1.29 is 19.1 Å². The van der Waals surface area contributed by atoms with Crippen LogP contribution >= 0.6 is 0 Å². The quantitative estimate of drug-likeness (QED) is 0.673. The Morgan fingerprint density at radius 3 is 2.00 bits per heavy atom. The highest BCUT2D eigenvalue weighted by Gasteiger charge is 2.21. The van der Waals surface area contributed by atoms with Gasteiger partial charge in [-0.2, -0.15) is 0 Å². The van der Waals surface area contributed by atoms with Gasteiger partial charge in [-0.3, -0.25) is 9.59 Å². The summed E-state index contributed by atoms with van der Waals surface area (Å²) in [6.45, 7) is 4.56. The fourth-order valence-electron chi connectivity index (χ4n) is 3.54. The summed E-state index contributed by atoms with van der Waals surface area (Å²) in [5.41, 5.74) is 2.83. The zero-order valence-electron chi connectivity index (χ0n) is 17.3. The van der Waals surface area contributed by atoms with Crippen molar-refractivity contribution in [3.63, 3.8) is 0 Å². The number of anilines is 1. The first-order chi connectivity index (χ1) is 14.0. The van der Waals surface area contributed by atoms with E-state index in [0.29, 0.717) is 25.9 Å². The second-order valence-corrected chi connectivity index (χ2v) is 7.19. The largest absolute Gasteiger partial charge is 0.497 e. The molecule has 1 saturated heterocycles. The SMILES string of the molecule is COc1cc(CCC(=O)N2CCN(c3ccc(C(C)=O)cc3)CC2)cc(OC)c1. The van der Waals surface area contributed by atoms with Crippen LogP contribution in [0.1, 0.15) is 29.3 Å². The summed E-state index contributed by atoms with van der Waals surface area (Å²) in [5.74, 6) is 1.70. The van der Waals surface area contributed by atoms with E-state index in [4.69, 9.17) is 9.47 Å². The van der Waals surface area contributed by atoms with E-state index < -0.39 is 0 Å². The molecule has 0 spiro atoms. The minimum atomic E-state index is 0.0700. The van der Waals surface area contributed by atoms with Gasteiger partial charge in [0.15, 0.2) is 5.78 Å². The number of ether oxygens (including phenoxy) is 2. The summed E-state index contributed by atoms with van der Waals surface area (Å²) in [7, 11) is 3.24. The third-order valence-corrected chi connectivity index (χ3v) is 5.31. The topological polar surface area (TPSA) is 59.1 Å². The zero-order valence-corrected chi connectivity index (χ0v) is 17.3. The smallest absolute Gasteiger partial charge is 0.223 e. The fourth-order valence-corrected chi connectivity index (χ4v) is 3.54. The highest BCUT2D eigenvalue weighted by molar-refractivity contribution is 5.94. The molecule has 29 heavy (non-hydrogen) atoms. The van der Waals surface area contributed by atoms with Crippen molar-refractivity contribution in [3.05, 3.63) is 53.6 Å². The molecule has 1 heterocycles. The molecule has 154 valence electrons. The molecule has 0 bridgehead atoms. The number of amides is 1. The predicted molar refractivity (Wildman–Crippen MR) is 113 cm³/mol. The maximum Gasteiger partial charge on any atom is 0.223 e. The van der Waals surface area contributed by atoms with Crippen molar-refractivity contribution in [1.82, 2.24) is 4.90 Å². The van der Waals surface area contributed by atoms with E-state index in [1.807, 2.05) is 47.4 Å². The highest BCUT2D eigenvalue weighted by Crippen LogP contribution is 2.24. The molecule has 0 radical (unpaired) electrons. The third-order valence-electron chi connectivity index (χ3n) is 5.31. The van der Waals surface area contributed by atoms with Gasteiger partial charge in [0, 0.05) is 49.9 Å². The Morgan fingerprint density at radius 2 is 1.48 bits per heavy atom. The average molecular weight is 396 g/mol. The lowest BCUT2D eigenvalue weighted by Gasteiger charge is -2.36. The first kappa shape index (κ1) is 20.7. The minimum Gasteiger partial charge on any atom is -0.497 e. The van der Waals surface area contributed by atoms with Crippen LogP contribution in [0.3, 0.4) is 0 Å². The molecule has 1 fully saturated rings. The Labute approximate surface area is 172 Å². The van der Waals surface area contributed by atoms with Gasteiger partial charge in [0.1, 0.15) is 11.5 Å². The summed E-state index contributed by atoms with van der Waals surface area (Å²) >= 11 is 0. The first-order valence-electron chi connectivity index (χ1n) is 9.86. The van der Waals surface area contributed by atoms with Gasteiger partial charge in [0.05, 0.1) is 14.2 Å². The third kappa shape index (κ3) is 5.28. The molecule has 0 aromatic heterocycles. The fraction of sp³-hybridized carbons (Fsp3) is 0.391. The van der Waals surface area contributed by atoms with E-state index in [-0.39, 0.29) is 11.7 Å². The monoisotopic (exact) mass is 396 g/mol. The van der Waals surface area contributed by atoms with Gasteiger partial charge < -0.3 is 19.3 Å². The van der Waals surface area contributed by atoms with Crippen molar-refractivity contribution in [1.29, 1.82) is 0 Å². The summed E-state index contributed by atoms with van der Waals surface area (Å²) < 4.78 is 10.6. The summed E-state index contributed by atoms with van der Waals surface area (Å²) in [5, 5.41) is 0. The zero-order chi connectivity index (χ0) is 20.8. The standard InChI is InChI=1S/C23H28N2O4/c1-17(26)19-5-7-20(8-6-19)24-10-12-25(13-11-24)23(27)9-4-18-14-21(28-2)16-22(15-18)29-3/h5-8,14-16H,4,9-13H2,1-3H3. The Morgan fingerprint density at radius 1 is 0.897 bits per heavy atom. The van der Waals surface area contributed by atoms with Crippen LogP contribution < -0.4 is 14.4 Å². The van der Waals surface area contributed by atoms with Crippen LogP contribution in [0.15, 0.2) is 42.5 Å². The molecular formula is C23H28N2O4. The van der Waals surface area contributed by atoms with E-state index in [2.05, 4.69) is 4.90 Å². The Kier molecular flexibility index (Phi) is 6.75. The molecule has 6 nitrogen and oxygen atoms in total. The number of ketones is 1. The molecule has 0 atom stereocenters. The number of Topliss-reactive ketones (excluding diaryl/α,β-unsaturated/α-hetero) is 1. The average Bonchev–Trinajstić information content (AvgIpc) is 2.77. The summed E-state index contributed by atoms with van der Waals surface area (Å²) in [4.78, 5) is 28.2. The molecule has 0 N–H and O–H groups in total. The maximum atomic E-state index is 12.7. The van der Waals surface area contributed by atoms with Gasteiger partial charge in [-0.15, -0.1) is 0 Å². The van der Waals surface area contributed by atoms with Gasteiger partial charge in [-0.1, -0.05) is 0 Å².